The maximum atomic E-state index is 11.4. The van der Waals surface area contributed by atoms with Gasteiger partial charge in [0.1, 0.15) is 11.6 Å². The van der Waals surface area contributed by atoms with Crippen molar-refractivity contribution in [1.29, 1.82) is 0 Å². The molecular formula is C13H17ClN2O2S. The molecule has 0 saturated carbocycles. The van der Waals surface area contributed by atoms with Crippen molar-refractivity contribution in [2.75, 3.05) is 19.1 Å². The molecule has 1 aromatic carbocycles. The van der Waals surface area contributed by atoms with Crippen LogP contribution in [0.1, 0.15) is 18.8 Å². The molecule has 0 saturated heterocycles. The van der Waals surface area contributed by atoms with Crippen LogP contribution in [0.2, 0.25) is 0 Å². The van der Waals surface area contributed by atoms with E-state index in [0.29, 0.717) is 11.6 Å². The van der Waals surface area contributed by atoms with Gasteiger partial charge in [-0.15, -0.1) is 11.6 Å². The van der Waals surface area contributed by atoms with Gasteiger partial charge in [-0.3, -0.25) is 4.21 Å². The highest BCUT2D eigenvalue weighted by molar-refractivity contribution is 7.84. The summed E-state index contributed by atoms with van der Waals surface area (Å²) in [6.45, 7) is 2.03. The third-order valence-electron chi connectivity index (χ3n) is 3.01. The van der Waals surface area contributed by atoms with Crippen LogP contribution in [0.5, 0.6) is 5.75 Å². The molecule has 0 N–H and O–H groups in total. The summed E-state index contributed by atoms with van der Waals surface area (Å²) in [4.78, 5) is 4.51. The molecule has 4 nitrogen and oxygen atoms in total. The van der Waals surface area contributed by atoms with Crippen LogP contribution in [0, 0.1) is 0 Å². The lowest BCUT2D eigenvalue weighted by Crippen LogP contribution is -2.15. The number of hydrogen-bond acceptors (Lipinski definition) is 3. The normalized spacial score (nSPS) is 14.5. The molecule has 0 bridgehead atoms. The summed E-state index contributed by atoms with van der Waals surface area (Å²) in [6.07, 6.45) is 1.70. The van der Waals surface area contributed by atoms with Gasteiger partial charge in [0.2, 0.25) is 0 Å². The van der Waals surface area contributed by atoms with E-state index in [-0.39, 0.29) is 6.04 Å². The number of fused-ring (bicyclic) bond motifs is 1. The van der Waals surface area contributed by atoms with Crippen LogP contribution < -0.4 is 4.74 Å². The van der Waals surface area contributed by atoms with Crippen LogP contribution in [0.4, 0.5) is 0 Å². The fourth-order valence-electron chi connectivity index (χ4n) is 2.25. The molecule has 2 rings (SSSR count). The summed E-state index contributed by atoms with van der Waals surface area (Å²) in [5, 5.41) is 0. The molecule has 0 aliphatic rings. The number of methoxy groups -OCH3 is 1. The summed E-state index contributed by atoms with van der Waals surface area (Å²) in [5.41, 5.74) is 1.85. The van der Waals surface area contributed by atoms with Gasteiger partial charge < -0.3 is 9.30 Å². The molecule has 2 aromatic rings. The number of benzene rings is 1. The third kappa shape index (κ3) is 2.92. The lowest BCUT2D eigenvalue weighted by Gasteiger charge is -2.16. The van der Waals surface area contributed by atoms with Gasteiger partial charge in [-0.1, -0.05) is 0 Å². The Balaban J connectivity index is 2.57. The minimum atomic E-state index is -0.864. The van der Waals surface area contributed by atoms with Crippen molar-refractivity contribution >= 4 is 33.4 Å². The average molecular weight is 301 g/mol. The molecule has 0 radical (unpaired) electrons. The standard InChI is InChI=1S/C13H17ClN2O2S/c1-9(8-19(3)17)16-12-6-10(18-2)4-5-11(12)15-13(16)7-14/h4-6,9H,7-8H2,1-3H3. The zero-order chi connectivity index (χ0) is 14.0. The van der Waals surface area contributed by atoms with Crippen molar-refractivity contribution in [3.05, 3.63) is 24.0 Å². The molecule has 0 amide bonds. The first kappa shape index (κ1) is 14.3. The molecule has 1 heterocycles. The van der Waals surface area contributed by atoms with Gasteiger partial charge in [0.25, 0.3) is 0 Å². The van der Waals surface area contributed by atoms with Crippen molar-refractivity contribution in [2.24, 2.45) is 0 Å². The van der Waals surface area contributed by atoms with E-state index in [1.807, 2.05) is 29.7 Å². The SMILES string of the molecule is COc1ccc2nc(CCl)n(C(C)CS(C)=O)c2c1. The van der Waals surface area contributed by atoms with Crippen LogP contribution in [-0.2, 0) is 16.7 Å². The summed E-state index contributed by atoms with van der Waals surface area (Å²) in [5.74, 6) is 2.48. The van der Waals surface area contributed by atoms with Gasteiger partial charge in [-0.25, -0.2) is 4.98 Å². The molecule has 1 aromatic heterocycles. The van der Waals surface area contributed by atoms with Crippen LogP contribution in [0.3, 0.4) is 0 Å². The average Bonchev–Trinajstić information content (AvgIpc) is 2.74. The van der Waals surface area contributed by atoms with Crippen LogP contribution >= 0.6 is 11.6 Å². The first-order chi connectivity index (χ1) is 9.06. The Morgan fingerprint density at radius 3 is 2.84 bits per heavy atom. The summed E-state index contributed by atoms with van der Waals surface area (Å²) in [6, 6.07) is 5.81. The first-order valence-corrected chi connectivity index (χ1v) is 8.23. The highest BCUT2D eigenvalue weighted by Crippen LogP contribution is 2.26. The topological polar surface area (TPSA) is 44.1 Å². The molecule has 6 heteroatoms. The van der Waals surface area contributed by atoms with E-state index >= 15 is 0 Å². The van der Waals surface area contributed by atoms with E-state index in [1.165, 1.54) is 0 Å². The van der Waals surface area contributed by atoms with Gasteiger partial charge in [0.15, 0.2) is 0 Å². The van der Waals surface area contributed by atoms with E-state index in [2.05, 4.69) is 4.98 Å². The molecule has 2 atom stereocenters. The van der Waals surface area contributed by atoms with Gasteiger partial charge in [0, 0.05) is 34.9 Å². The Morgan fingerprint density at radius 1 is 1.53 bits per heavy atom. The minimum absolute atomic E-state index is 0.0803. The Labute approximate surface area is 120 Å². The van der Waals surface area contributed by atoms with Crippen molar-refractivity contribution in [3.63, 3.8) is 0 Å². The molecule has 104 valence electrons. The zero-order valence-corrected chi connectivity index (χ0v) is 12.8. The van der Waals surface area contributed by atoms with Gasteiger partial charge >= 0.3 is 0 Å². The van der Waals surface area contributed by atoms with Gasteiger partial charge in [0.05, 0.1) is 24.0 Å². The maximum absolute atomic E-state index is 11.4. The Morgan fingerprint density at radius 2 is 2.26 bits per heavy atom. The monoisotopic (exact) mass is 300 g/mol. The molecular weight excluding hydrogens is 284 g/mol. The lowest BCUT2D eigenvalue weighted by atomic mass is 10.2. The molecule has 0 fully saturated rings. The summed E-state index contributed by atoms with van der Waals surface area (Å²) in [7, 11) is 0.770. The zero-order valence-electron chi connectivity index (χ0n) is 11.2. The number of ether oxygens (including phenoxy) is 1. The number of nitrogens with zero attached hydrogens (tertiary/aromatic N) is 2. The largest absolute Gasteiger partial charge is 0.497 e. The van der Waals surface area contributed by atoms with Crippen LogP contribution in [0.15, 0.2) is 18.2 Å². The van der Waals surface area contributed by atoms with E-state index < -0.39 is 10.8 Å². The Kier molecular flexibility index (Phi) is 4.47. The number of rotatable bonds is 5. The third-order valence-corrected chi connectivity index (χ3v) is 4.20. The predicted octanol–water partition coefficient (Wildman–Crippen LogP) is 2.72. The van der Waals surface area contributed by atoms with Crippen molar-refractivity contribution in [2.45, 2.75) is 18.8 Å². The highest BCUT2D eigenvalue weighted by atomic mass is 35.5. The second kappa shape index (κ2) is 5.92. The molecule has 0 aliphatic heterocycles. The molecule has 0 spiro atoms. The number of imidazole rings is 1. The second-order valence-electron chi connectivity index (χ2n) is 4.48. The predicted molar refractivity (Wildman–Crippen MR) is 79.5 cm³/mol. The molecule has 0 aliphatic carbocycles. The fourth-order valence-corrected chi connectivity index (χ4v) is 3.27. The van der Waals surface area contributed by atoms with E-state index in [0.717, 1.165) is 22.6 Å². The molecule has 19 heavy (non-hydrogen) atoms. The highest BCUT2D eigenvalue weighted by Gasteiger charge is 2.16. The maximum Gasteiger partial charge on any atom is 0.125 e. The van der Waals surface area contributed by atoms with Gasteiger partial charge in [-0.2, -0.15) is 0 Å². The van der Waals surface area contributed by atoms with E-state index in [1.54, 1.807) is 13.4 Å². The molecule has 2 unspecified atom stereocenters. The van der Waals surface area contributed by atoms with Gasteiger partial charge in [-0.05, 0) is 19.1 Å². The van der Waals surface area contributed by atoms with E-state index in [4.69, 9.17) is 16.3 Å². The quantitative estimate of drug-likeness (QED) is 0.798. The Hall–Kier alpha value is -1.07. The minimum Gasteiger partial charge on any atom is -0.497 e. The van der Waals surface area contributed by atoms with Crippen molar-refractivity contribution < 1.29 is 8.95 Å². The summed E-state index contributed by atoms with van der Waals surface area (Å²) >= 11 is 5.97. The van der Waals surface area contributed by atoms with Crippen molar-refractivity contribution in [1.82, 2.24) is 9.55 Å². The summed E-state index contributed by atoms with van der Waals surface area (Å²) < 4.78 is 18.7. The number of alkyl halides is 1. The Bertz CT molecular complexity index is 612. The van der Waals surface area contributed by atoms with Crippen LogP contribution in [0.25, 0.3) is 11.0 Å². The van der Waals surface area contributed by atoms with Crippen LogP contribution in [-0.4, -0.2) is 32.9 Å². The van der Waals surface area contributed by atoms with Crippen molar-refractivity contribution in [3.8, 4) is 5.75 Å². The van der Waals surface area contributed by atoms with E-state index in [9.17, 15) is 4.21 Å². The number of halogens is 1. The number of aromatic nitrogens is 2. The first-order valence-electron chi connectivity index (χ1n) is 5.97. The lowest BCUT2D eigenvalue weighted by molar-refractivity contribution is 0.415. The fraction of sp³-hybridized carbons (Fsp3) is 0.462. The second-order valence-corrected chi connectivity index (χ2v) is 6.22. The number of hydrogen-bond donors (Lipinski definition) is 0. The smallest absolute Gasteiger partial charge is 0.125 e.